The molecule has 136 valence electrons. The van der Waals surface area contributed by atoms with Gasteiger partial charge >= 0.3 is 0 Å². The van der Waals surface area contributed by atoms with E-state index in [0.29, 0.717) is 12.1 Å². The fourth-order valence-corrected chi connectivity index (χ4v) is 4.21. The average molecular weight is 388 g/mol. The van der Waals surface area contributed by atoms with Crippen LogP contribution in [0.15, 0.2) is 53.9 Å². The van der Waals surface area contributed by atoms with Gasteiger partial charge in [0.2, 0.25) is 0 Å². The van der Waals surface area contributed by atoms with Gasteiger partial charge in [-0.15, -0.1) is 22.7 Å². The molecule has 0 saturated heterocycles. The first-order valence-corrected chi connectivity index (χ1v) is 10.1. The number of nitrogens with one attached hydrogen (secondary N) is 1. The van der Waals surface area contributed by atoms with Gasteiger partial charge in [-0.25, -0.2) is 0 Å². The maximum atomic E-state index is 12.3. The molecule has 2 aromatic heterocycles. The lowest BCUT2D eigenvalue weighted by Gasteiger charge is -2.10. The zero-order valence-electron chi connectivity index (χ0n) is 14.6. The molecule has 4 nitrogen and oxygen atoms in total. The average Bonchev–Trinajstić information content (AvgIpc) is 3.31. The summed E-state index contributed by atoms with van der Waals surface area (Å²) in [7, 11) is 0. The van der Waals surface area contributed by atoms with E-state index in [4.69, 9.17) is 4.74 Å². The van der Waals surface area contributed by atoms with Crippen LogP contribution in [-0.4, -0.2) is 17.1 Å². The van der Waals surface area contributed by atoms with Gasteiger partial charge in [0.15, 0.2) is 0 Å². The second-order valence-corrected chi connectivity index (χ2v) is 8.27. The van der Waals surface area contributed by atoms with Crippen molar-refractivity contribution >= 4 is 28.6 Å². The predicted octanol–water partition coefficient (Wildman–Crippen LogP) is 4.61. The molecule has 1 aromatic carbocycles. The molecule has 3 aromatic rings. The second kappa shape index (κ2) is 8.49. The molecule has 0 spiro atoms. The third kappa shape index (κ3) is 4.72. The SMILES string of the molecule is CC(C)Oc1ccc(C(=O)NCc2ccc(C(O)c3cccs3)s2)cc1. The number of amides is 1. The predicted molar refractivity (Wildman–Crippen MR) is 106 cm³/mol. The first-order valence-electron chi connectivity index (χ1n) is 8.38. The molecule has 1 amide bonds. The van der Waals surface area contributed by atoms with E-state index in [1.165, 1.54) is 22.7 Å². The molecule has 1 atom stereocenters. The van der Waals surface area contributed by atoms with Crippen molar-refractivity contribution < 1.29 is 14.6 Å². The number of benzene rings is 1. The van der Waals surface area contributed by atoms with Crippen LogP contribution in [0.3, 0.4) is 0 Å². The topological polar surface area (TPSA) is 58.6 Å². The van der Waals surface area contributed by atoms with Crippen LogP contribution in [0, 0.1) is 0 Å². The molecule has 2 heterocycles. The number of carbonyl (C=O) groups is 1. The molecule has 26 heavy (non-hydrogen) atoms. The van der Waals surface area contributed by atoms with Gasteiger partial charge in [0.1, 0.15) is 11.9 Å². The van der Waals surface area contributed by atoms with Crippen molar-refractivity contribution in [2.45, 2.75) is 32.6 Å². The monoisotopic (exact) mass is 387 g/mol. The standard InChI is InChI=1S/C20H21NO3S2/c1-13(2)24-15-7-5-14(6-8-15)20(23)21-12-16-9-10-18(26-16)19(22)17-4-3-11-25-17/h3-11,13,19,22H,12H2,1-2H3,(H,21,23). The third-order valence-corrected chi connectivity index (χ3v) is 5.74. The van der Waals surface area contributed by atoms with Crippen LogP contribution < -0.4 is 10.1 Å². The summed E-state index contributed by atoms with van der Waals surface area (Å²) in [4.78, 5) is 15.1. The van der Waals surface area contributed by atoms with Crippen LogP contribution in [0.1, 0.15) is 44.9 Å². The summed E-state index contributed by atoms with van der Waals surface area (Å²) >= 11 is 3.04. The van der Waals surface area contributed by atoms with Crippen molar-refractivity contribution in [3.63, 3.8) is 0 Å². The number of hydrogen-bond donors (Lipinski definition) is 2. The smallest absolute Gasteiger partial charge is 0.251 e. The highest BCUT2D eigenvalue weighted by Gasteiger charge is 2.14. The minimum Gasteiger partial charge on any atom is -0.491 e. The Morgan fingerprint density at radius 2 is 1.88 bits per heavy atom. The van der Waals surface area contributed by atoms with Gasteiger partial charge in [-0.05, 0) is 61.7 Å². The van der Waals surface area contributed by atoms with E-state index in [1.807, 2.05) is 43.5 Å². The highest BCUT2D eigenvalue weighted by atomic mass is 32.1. The normalized spacial score (nSPS) is 12.2. The van der Waals surface area contributed by atoms with Crippen LogP contribution in [0.4, 0.5) is 0 Å². The van der Waals surface area contributed by atoms with Crippen LogP contribution in [-0.2, 0) is 6.54 Å². The summed E-state index contributed by atoms with van der Waals surface area (Å²) in [5, 5.41) is 15.2. The molecule has 2 N–H and O–H groups in total. The van der Waals surface area contributed by atoms with Gasteiger partial charge in [-0.2, -0.15) is 0 Å². The number of rotatable bonds is 7. The zero-order valence-corrected chi connectivity index (χ0v) is 16.3. The van der Waals surface area contributed by atoms with E-state index in [1.54, 1.807) is 24.3 Å². The fraction of sp³-hybridized carbons (Fsp3) is 0.250. The van der Waals surface area contributed by atoms with Gasteiger partial charge in [-0.1, -0.05) is 6.07 Å². The molecular formula is C20H21NO3S2. The van der Waals surface area contributed by atoms with E-state index in [0.717, 1.165) is 20.4 Å². The highest BCUT2D eigenvalue weighted by Crippen LogP contribution is 2.30. The Hall–Kier alpha value is -2.15. The van der Waals surface area contributed by atoms with Gasteiger partial charge < -0.3 is 15.2 Å². The Labute approximate surface area is 161 Å². The maximum Gasteiger partial charge on any atom is 0.251 e. The summed E-state index contributed by atoms with van der Waals surface area (Å²) in [6.45, 7) is 4.36. The second-order valence-electron chi connectivity index (χ2n) is 6.10. The van der Waals surface area contributed by atoms with Gasteiger partial charge in [0.25, 0.3) is 5.91 Å². The molecule has 0 aliphatic rings. The largest absolute Gasteiger partial charge is 0.491 e. The highest BCUT2D eigenvalue weighted by molar-refractivity contribution is 7.12. The Balaban J connectivity index is 1.56. The summed E-state index contributed by atoms with van der Waals surface area (Å²) in [5.74, 6) is 0.622. The van der Waals surface area contributed by atoms with E-state index < -0.39 is 6.10 Å². The maximum absolute atomic E-state index is 12.3. The van der Waals surface area contributed by atoms with Crippen molar-refractivity contribution in [3.05, 3.63) is 74.1 Å². The van der Waals surface area contributed by atoms with Crippen LogP contribution in [0.25, 0.3) is 0 Å². The molecule has 0 bridgehead atoms. The molecule has 0 aliphatic heterocycles. The minimum atomic E-state index is -0.599. The van der Waals surface area contributed by atoms with E-state index in [9.17, 15) is 9.90 Å². The third-order valence-electron chi connectivity index (χ3n) is 3.68. The van der Waals surface area contributed by atoms with Crippen molar-refractivity contribution in [1.29, 1.82) is 0 Å². The summed E-state index contributed by atoms with van der Waals surface area (Å²) in [5.41, 5.74) is 0.594. The molecule has 0 fully saturated rings. The Morgan fingerprint density at radius 3 is 2.54 bits per heavy atom. The van der Waals surface area contributed by atoms with Crippen molar-refractivity contribution in [2.75, 3.05) is 0 Å². The summed E-state index contributed by atoms with van der Waals surface area (Å²) < 4.78 is 5.58. The number of aliphatic hydroxyl groups is 1. The number of thiophene rings is 2. The molecule has 3 rings (SSSR count). The number of aliphatic hydroxyl groups excluding tert-OH is 1. The zero-order chi connectivity index (χ0) is 18.5. The molecule has 0 saturated carbocycles. The number of ether oxygens (including phenoxy) is 1. The van der Waals surface area contributed by atoms with Gasteiger partial charge in [0, 0.05) is 20.2 Å². The Morgan fingerprint density at radius 1 is 1.12 bits per heavy atom. The van der Waals surface area contributed by atoms with E-state index >= 15 is 0 Å². The fourth-order valence-electron chi connectivity index (χ4n) is 2.45. The minimum absolute atomic E-state index is 0.104. The first-order chi connectivity index (χ1) is 12.5. The molecule has 0 aliphatic carbocycles. The van der Waals surface area contributed by atoms with E-state index in [-0.39, 0.29) is 12.0 Å². The lowest BCUT2D eigenvalue weighted by atomic mass is 10.2. The molecule has 1 unspecified atom stereocenters. The molecule has 6 heteroatoms. The Kier molecular flexibility index (Phi) is 6.08. The lowest BCUT2D eigenvalue weighted by Crippen LogP contribution is -2.22. The van der Waals surface area contributed by atoms with Crippen LogP contribution >= 0.6 is 22.7 Å². The van der Waals surface area contributed by atoms with Gasteiger partial charge in [-0.3, -0.25) is 4.79 Å². The quantitative estimate of drug-likeness (QED) is 0.622. The van der Waals surface area contributed by atoms with Crippen molar-refractivity contribution in [2.24, 2.45) is 0 Å². The van der Waals surface area contributed by atoms with E-state index in [2.05, 4.69) is 5.32 Å². The van der Waals surface area contributed by atoms with Crippen molar-refractivity contribution in [3.8, 4) is 5.75 Å². The van der Waals surface area contributed by atoms with Crippen LogP contribution in [0.2, 0.25) is 0 Å². The molecular weight excluding hydrogens is 366 g/mol. The summed E-state index contributed by atoms with van der Waals surface area (Å²) in [6, 6.07) is 14.8. The van der Waals surface area contributed by atoms with Crippen LogP contribution in [0.5, 0.6) is 5.75 Å². The first kappa shape index (κ1) is 18.6. The number of hydrogen-bond acceptors (Lipinski definition) is 5. The van der Waals surface area contributed by atoms with Crippen molar-refractivity contribution in [1.82, 2.24) is 5.32 Å². The molecule has 0 radical (unpaired) electrons. The Bertz CT molecular complexity index is 838. The lowest BCUT2D eigenvalue weighted by molar-refractivity contribution is 0.0951. The van der Waals surface area contributed by atoms with Gasteiger partial charge in [0.05, 0.1) is 12.6 Å². The number of carbonyl (C=O) groups excluding carboxylic acids is 1. The summed E-state index contributed by atoms with van der Waals surface area (Å²) in [6.07, 6.45) is -0.495.